The van der Waals surface area contributed by atoms with Crippen molar-refractivity contribution in [2.45, 2.75) is 17.4 Å². The first-order valence-corrected chi connectivity index (χ1v) is 11.7. The Hall–Kier alpha value is -3.47. The fourth-order valence-corrected chi connectivity index (χ4v) is 5.14. The van der Waals surface area contributed by atoms with Gasteiger partial charge in [-0.15, -0.1) is 0 Å². The number of rotatable bonds is 6. The van der Waals surface area contributed by atoms with Crippen LogP contribution >= 0.6 is 0 Å². The van der Waals surface area contributed by atoms with Gasteiger partial charge in [0.2, 0.25) is 15.6 Å². The highest BCUT2D eigenvalue weighted by Crippen LogP contribution is 2.27. The minimum Gasteiger partial charge on any atom is -0.352 e. The highest BCUT2D eigenvalue weighted by atomic mass is 32.2. The number of hydrogen-bond donors (Lipinski definition) is 4. The number of imidazole rings is 1. The van der Waals surface area contributed by atoms with E-state index in [9.17, 15) is 13.2 Å². The minimum atomic E-state index is -3.56. The summed E-state index contributed by atoms with van der Waals surface area (Å²) >= 11 is 0. The Morgan fingerprint density at radius 1 is 1.09 bits per heavy atom. The van der Waals surface area contributed by atoms with E-state index in [2.05, 4.69) is 25.3 Å². The molecule has 5 rings (SSSR count). The van der Waals surface area contributed by atoms with Gasteiger partial charge in [-0.3, -0.25) is 9.20 Å². The molecule has 164 valence electrons. The summed E-state index contributed by atoms with van der Waals surface area (Å²) < 4.78 is 29.8. The quantitative estimate of drug-likeness (QED) is 0.357. The summed E-state index contributed by atoms with van der Waals surface area (Å²) in [6.45, 7) is 1.46. The van der Waals surface area contributed by atoms with Crippen molar-refractivity contribution in [1.29, 1.82) is 0 Å². The molecule has 1 aliphatic heterocycles. The number of pyridine rings is 2. The largest absolute Gasteiger partial charge is 0.352 e. The highest BCUT2D eigenvalue weighted by molar-refractivity contribution is 7.89. The molecule has 3 aromatic heterocycles. The number of fused-ring (bicyclic) bond motifs is 1. The van der Waals surface area contributed by atoms with Crippen molar-refractivity contribution < 1.29 is 8.42 Å². The topological polar surface area (TPSA) is 120 Å². The van der Waals surface area contributed by atoms with Gasteiger partial charge in [0.25, 0.3) is 0 Å². The van der Waals surface area contributed by atoms with Gasteiger partial charge in [0.1, 0.15) is 0 Å². The summed E-state index contributed by atoms with van der Waals surface area (Å²) in [6, 6.07) is 13.7. The van der Waals surface area contributed by atoms with Crippen molar-refractivity contribution >= 4 is 27.0 Å². The molecule has 1 aliphatic rings. The van der Waals surface area contributed by atoms with Crippen LogP contribution in [0, 0.1) is 0 Å². The Kier molecular flexibility index (Phi) is 5.25. The molecule has 0 radical (unpaired) electrons. The smallest absolute Gasteiger partial charge is 0.248 e. The van der Waals surface area contributed by atoms with Gasteiger partial charge in [0.05, 0.1) is 16.3 Å². The number of aromatic nitrogens is 3. The van der Waals surface area contributed by atoms with E-state index in [0.29, 0.717) is 12.2 Å². The fourth-order valence-electron chi connectivity index (χ4n) is 3.87. The summed E-state index contributed by atoms with van der Waals surface area (Å²) in [5.41, 5.74) is 3.63. The average Bonchev–Trinajstić information content (AvgIpc) is 3.46. The van der Waals surface area contributed by atoms with Gasteiger partial charge in [-0.1, -0.05) is 0 Å². The Balaban J connectivity index is 1.40. The molecule has 1 atom stereocenters. The molecule has 1 unspecified atom stereocenters. The Bertz CT molecular complexity index is 1420. The van der Waals surface area contributed by atoms with E-state index >= 15 is 0 Å². The predicted octanol–water partition coefficient (Wildman–Crippen LogP) is 2.07. The molecule has 0 spiro atoms. The number of benzene rings is 1. The number of nitrogens with one attached hydrogen (secondary N) is 4. The second-order valence-electron chi connectivity index (χ2n) is 7.66. The van der Waals surface area contributed by atoms with Crippen LogP contribution in [0.3, 0.4) is 0 Å². The molecule has 9 nitrogen and oxygen atoms in total. The number of anilines is 2. The minimum absolute atomic E-state index is 0.0785. The van der Waals surface area contributed by atoms with E-state index in [4.69, 9.17) is 0 Å². The van der Waals surface area contributed by atoms with Crippen LogP contribution < -0.4 is 20.9 Å². The molecular formula is C22H22N6O3S. The van der Waals surface area contributed by atoms with E-state index < -0.39 is 10.0 Å². The molecule has 0 amide bonds. The SMILES string of the molecule is O=c1cc(-c2ccc(Nc3ccc(S(=O)(=O)NC4CCNC4)cc3)c3nccn23)cc[nH]1. The Labute approximate surface area is 184 Å². The standard InChI is InChI=1S/C22H22N6O3S/c29-21-13-15(7-10-24-21)20-6-5-19(22-25-11-12-28(20)22)26-16-1-3-18(4-2-16)32(30,31)27-17-8-9-23-14-17/h1-7,10-13,17,23,26-27H,8-9,14H2,(H,24,29). The van der Waals surface area contributed by atoms with Gasteiger partial charge < -0.3 is 15.6 Å². The predicted molar refractivity (Wildman–Crippen MR) is 123 cm³/mol. The third-order valence-corrected chi connectivity index (χ3v) is 6.98. The lowest BCUT2D eigenvalue weighted by molar-refractivity contribution is 0.560. The Morgan fingerprint density at radius 2 is 1.94 bits per heavy atom. The second kappa shape index (κ2) is 8.23. The average molecular weight is 451 g/mol. The molecule has 0 saturated carbocycles. The maximum Gasteiger partial charge on any atom is 0.248 e. The molecule has 1 saturated heterocycles. The summed E-state index contributed by atoms with van der Waals surface area (Å²) in [7, 11) is -3.56. The van der Waals surface area contributed by atoms with Crippen molar-refractivity contribution in [3.8, 4) is 11.3 Å². The monoisotopic (exact) mass is 450 g/mol. The van der Waals surface area contributed by atoms with Crippen LogP contribution in [0.2, 0.25) is 0 Å². The number of hydrogen-bond acceptors (Lipinski definition) is 6. The molecule has 0 bridgehead atoms. The van der Waals surface area contributed by atoms with Crippen molar-refractivity contribution in [3.05, 3.63) is 77.5 Å². The maximum atomic E-state index is 12.6. The molecule has 0 aliphatic carbocycles. The van der Waals surface area contributed by atoms with Gasteiger partial charge in [-0.2, -0.15) is 0 Å². The van der Waals surface area contributed by atoms with Gasteiger partial charge in [-0.25, -0.2) is 18.1 Å². The third kappa shape index (κ3) is 4.03. The summed E-state index contributed by atoms with van der Waals surface area (Å²) in [5, 5.41) is 6.45. The van der Waals surface area contributed by atoms with Crippen LogP contribution in [0.25, 0.3) is 16.9 Å². The maximum absolute atomic E-state index is 12.6. The van der Waals surface area contributed by atoms with Crippen LogP contribution in [0.1, 0.15) is 6.42 Å². The zero-order valence-electron chi connectivity index (χ0n) is 17.1. The van der Waals surface area contributed by atoms with Crippen LogP contribution in [0.15, 0.2) is 76.8 Å². The van der Waals surface area contributed by atoms with Gasteiger partial charge in [0.15, 0.2) is 5.65 Å². The van der Waals surface area contributed by atoms with E-state index in [1.807, 2.05) is 28.8 Å². The Morgan fingerprint density at radius 3 is 2.69 bits per heavy atom. The van der Waals surface area contributed by atoms with Crippen LogP contribution in [-0.4, -0.2) is 41.9 Å². The summed E-state index contributed by atoms with van der Waals surface area (Å²) in [5.74, 6) is 0. The van der Waals surface area contributed by atoms with Gasteiger partial charge in [-0.05, 0) is 55.4 Å². The van der Waals surface area contributed by atoms with E-state index in [1.54, 1.807) is 36.7 Å². The highest BCUT2D eigenvalue weighted by Gasteiger charge is 2.22. The van der Waals surface area contributed by atoms with Crippen molar-refractivity contribution in [3.63, 3.8) is 0 Å². The molecule has 1 fully saturated rings. The second-order valence-corrected chi connectivity index (χ2v) is 9.37. The van der Waals surface area contributed by atoms with E-state index in [0.717, 1.165) is 35.6 Å². The normalized spacial score (nSPS) is 16.4. The van der Waals surface area contributed by atoms with Crippen LogP contribution in [0.4, 0.5) is 11.4 Å². The molecular weight excluding hydrogens is 428 g/mol. The number of nitrogens with zero attached hydrogens (tertiary/aromatic N) is 2. The first-order valence-electron chi connectivity index (χ1n) is 10.2. The van der Waals surface area contributed by atoms with Crippen LogP contribution in [0.5, 0.6) is 0 Å². The molecule has 10 heteroatoms. The molecule has 4 N–H and O–H groups in total. The third-order valence-electron chi connectivity index (χ3n) is 5.45. The first kappa shape index (κ1) is 20.4. The number of H-pyrrole nitrogens is 1. The van der Waals surface area contributed by atoms with E-state index in [1.165, 1.54) is 6.07 Å². The number of sulfonamides is 1. The lowest BCUT2D eigenvalue weighted by Gasteiger charge is -2.14. The van der Waals surface area contributed by atoms with Gasteiger partial charge in [0, 0.05) is 48.5 Å². The molecule has 32 heavy (non-hydrogen) atoms. The molecule has 1 aromatic carbocycles. The zero-order chi connectivity index (χ0) is 22.1. The van der Waals surface area contributed by atoms with Crippen molar-refractivity contribution in [1.82, 2.24) is 24.4 Å². The van der Waals surface area contributed by atoms with Crippen molar-refractivity contribution in [2.75, 3.05) is 18.4 Å². The van der Waals surface area contributed by atoms with Gasteiger partial charge >= 0.3 is 0 Å². The lowest BCUT2D eigenvalue weighted by Crippen LogP contribution is -2.36. The lowest BCUT2D eigenvalue weighted by atomic mass is 10.1. The van der Waals surface area contributed by atoms with Crippen molar-refractivity contribution in [2.24, 2.45) is 0 Å². The first-order chi connectivity index (χ1) is 15.5. The molecule has 4 aromatic rings. The van der Waals surface area contributed by atoms with E-state index in [-0.39, 0.29) is 16.5 Å². The zero-order valence-corrected chi connectivity index (χ0v) is 17.9. The fraction of sp³-hybridized carbons (Fsp3) is 0.182. The molecule has 4 heterocycles. The number of aromatic amines is 1. The summed E-state index contributed by atoms with van der Waals surface area (Å²) in [6.07, 6.45) is 5.92. The summed E-state index contributed by atoms with van der Waals surface area (Å²) in [4.78, 5) is 19.0. The van der Waals surface area contributed by atoms with Crippen LogP contribution in [-0.2, 0) is 10.0 Å².